The molecule has 0 bridgehead atoms. The van der Waals surface area contributed by atoms with Gasteiger partial charge in [-0.15, -0.1) is 0 Å². The topological polar surface area (TPSA) is 231 Å². The summed E-state index contributed by atoms with van der Waals surface area (Å²) in [5.41, 5.74) is -3.52. The molecule has 3 aliphatic heterocycles. The maximum atomic E-state index is 14.1. The number of ether oxygens (including phenoxy) is 5. The minimum absolute atomic E-state index is 0.0250. The van der Waals surface area contributed by atoms with E-state index in [9.17, 15) is 44.4 Å². The summed E-state index contributed by atoms with van der Waals surface area (Å²) in [4.78, 5) is 70.9. The van der Waals surface area contributed by atoms with Gasteiger partial charge < -0.3 is 49.4 Å². The van der Waals surface area contributed by atoms with E-state index >= 15 is 0 Å². The van der Waals surface area contributed by atoms with Crippen LogP contribution >= 0.6 is 12.2 Å². The van der Waals surface area contributed by atoms with Gasteiger partial charge in [-0.3, -0.25) is 33.8 Å². The number of nitrogens with zero attached hydrogens (tertiary/aromatic N) is 2. The van der Waals surface area contributed by atoms with Crippen LogP contribution in [-0.4, -0.2) is 140 Å². The molecule has 3 heterocycles. The van der Waals surface area contributed by atoms with Crippen molar-refractivity contribution >= 4 is 46.5 Å². The van der Waals surface area contributed by atoms with Crippen LogP contribution in [0.4, 0.5) is 0 Å². The van der Waals surface area contributed by atoms with E-state index < -0.39 is 131 Å². The minimum atomic E-state index is -2.13. The number of thiocarbonyl (C=S) groups is 1. The number of fused-ring (bicyclic) bond motifs is 4. The third kappa shape index (κ3) is 6.78. The van der Waals surface area contributed by atoms with Gasteiger partial charge in [-0.2, -0.15) is 0 Å². The average molecular weight is 826 g/mol. The van der Waals surface area contributed by atoms with Gasteiger partial charge >= 0.3 is 0 Å². The number of hydrogen-bond donors (Lipinski definition) is 5. The summed E-state index contributed by atoms with van der Waals surface area (Å²) in [6.45, 7) is 6.11. The predicted octanol–water partition coefficient (Wildman–Crippen LogP) is 1.40. The van der Waals surface area contributed by atoms with Gasteiger partial charge in [0.1, 0.15) is 34.9 Å². The third-order valence-electron chi connectivity index (χ3n) is 12.0. The SMILES string of the molecule is COc1cccc2c1C(=O)c1c(O)c3c(c(O)c1C2=O)CC(O)(C(C)=O)CC3OC1CC2NC(C3C(=O)N(C)C(=S)N(C)C3=O)C(C)OC(CC(C)O)OC2C(C)O1. The smallest absolute Gasteiger partial charge is 0.242 e. The van der Waals surface area contributed by atoms with E-state index in [1.807, 2.05) is 0 Å². The molecule has 17 nitrogen and oxygen atoms in total. The molecule has 312 valence electrons. The Hall–Kier alpha value is -4.40. The Bertz CT molecular complexity index is 2090. The molecule has 0 spiro atoms. The molecule has 7 rings (SSSR count). The second-order valence-corrected chi connectivity index (χ2v) is 16.2. The maximum Gasteiger partial charge on any atom is 0.242 e. The molecule has 18 heteroatoms. The largest absolute Gasteiger partial charge is 0.507 e. The zero-order valence-electron chi connectivity index (χ0n) is 33.0. The fourth-order valence-electron chi connectivity index (χ4n) is 8.90. The number of rotatable bonds is 7. The van der Waals surface area contributed by atoms with Crippen molar-refractivity contribution < 1.29 is 68.1 Å². The average Bonchev–Trinajstić information content (AvgIpc) is 3.16. The third-order valence-corrected chi connectivity index (χ3v) is 12.5. The molecule has 10 unspecified atom stereocenters. The molecular weight excluding hydrogens is 779 g/mol. The van der Waals surface area contributed by atoms with Crippen LogP contribution in [0, 0.1) is 5.92 Å². The minimum Gasteiger partial charge on any atom is -0.507 e. The number of hydrogen-bond acceptors (Lipinski definition) is 16. The van der Waals surface area contributed by atoms with E-state index in [2.05, 4.69) is 5.32 Å². The predicted molar refractivity (Wildman–Crippen MR) is 204 cm³/mol. The number of phenolic OH excluding ortho intramolecular Hbond substituents is 2. The van der Waals surface area contributed by atoms with Crippen molar-refractivity contribution in [2.45, 2.75) is 114 Å². The molecule has 10 atom stereocenters. The van der Waals surface area contributed by atoms with Gasteiger partial charge in [0.15, 0.2) is 29.3 Å². The summed E-state index contributed by atoms with van der Waals surface area (Å²) in [5, 5.41) is 49.2. The zero-order chi connectivity index (χ0) is 42.3. The molecule has 58 heavy (non-hydrogen) atoms. The Balaban J connectivity index is 1.27. The van der Waals surface area contributed by atoms with Gasteiger partial charge in [0.2, 0.25) is 17.6 Å². The van der Waals surface area contributed by atoms with E-state index in [0.29, 0.717) is 0 Å². The first-order chi connectivity index (χ1) is 27.3. The van der Waals surface area contributed by atoms with Crippen molar-refractivity contribution in [1.29, 1.82) is 0 Å². The lowest BCUT2D eigenvalue weighted by Crippen LogP contribution is -2.68. The van der Waals surface area contributed by atoms with Crippen molar-refractivity contribution in [3.63, 3.8) is 0 Å². The molecule has 5 N–H and O–H groups in total. The molecule has 2 aromatic rings. The molecule has 3 saturated heterocycles. The summed E-state index contributed by atoms with van der Waals surface area (Å²) in [7, 11) is 4.28. The van der Waals surface area contributed by atoms with Crippen LogP contribution in [0.5, 0.6) is 17.2 Å². The van der Waals surface area contributed by atoms with E-state index in [1.165, 1.54) is 49.2 Å². The standard InChI is InChI=1S/C40H47N3O14S/c1-15(44)11-24-54-16(2)31(30-37(50)42(5)39(58)43(6)38(30)51)41-21-12-25(55-17(3)36(21)57-24)56-23-14-40(52,18(4)45)13-20-27(23)35(49)29-28(33(20)47)32(46)19-9-8-10-22(53-7)26(19)34(29)48/h8-10,15-17,21,23-25,30-31,36,41,44,47,49,52H,11-14H2,1-7H3. The Morgan fingerprint density at radius 1 is 1.00 bits per heavy atom. The number of aromatic hydroxyl groups is 2. The second-order valence-electron chi connectivity index (χ2n) is 15.8. The van der Waals surface area contributed by atoms with Crippen LogP contribution in [-0.2, 0) is 39.8 Å². The highest BCUT2D eigenvalue weighted by atomic mass is 32.1. The number of aliphatic hydroxyl groups is 2. The summed E-state index contributed by atoms with van der Waals surface area (Å²) in [6.07, 6.45) is -7.69. The van der Waals surface area contributed by atoms with Gasteiger partial charge in [-0.05, 0) is 46.0 Å². The number of amides is 2. The molecule has 0 aromatic heterocycles. The second kappa shape index (κ2) is 15.3. The van der Waals surface area contributed by atoms with E-state index in [-0.39, 0.29) is 46.0 Å². The highest BCUT2D eigenvalue weighted by molar-refractivity contribution is 7.80. The molecule has 3 fully saturated rings. The summed E-state index contributed by atoms with van der Waals surface area (Å²) < 4.78 is 30.8. The number of nitrogens with one attached hydrogen (secondary N) is 1. The van der Waals surface area contributed by atoms with E-state index in [4.69, 9.17) is 35.9 Å². The lowest BCUT2D eigenvalue weighted by Gasteiger charge is -2.49. The van der Waals surface area contributed by atoms with Gasteiger partial charge in [0.25, 0.3) is 0 Å². The van der Waals surface area contributed by atoms with Crippen LogP contribution in [0.15, 0.2) is 18.2 Å². The van der Waals surface area contributed by atoms with Crippen molar-refractivity contribution in [2.75, 3.05) is 21.2 Å². The number of aliphatic hydroxyl groups excluding tert-OH is 1. The molecule has 0 saturated carbocycles. The van der Waals surface area contributed by atoms with Crippen LogP contribution in [0.25, 0.3) is 0 Å². The molecular formula is C40H47N3O14S. The lowest BCUT2D eigenvalue weighted by atomic mass is 9.72. The Labute approximate surface area is 339 Å². The number of ketones is 3. The first-order valence-electron chi connectivity index (χ1n) is 19.0. The summed E-state index contributed by atoms with van der Waals surface area (Å²) in [5.74, 6) is -5.88. The Kier molecular flexibility index (Phi) is 11.0. The van der Waals surface area contributed by atoms with Crippen LogP contribution < -0.4 is 10.1 Å². The van der Waals surface area contributed by atoms with E-state index in [1.54, 1.807) is 20.8 Å². The van der Waals surface area contributed by atoms with Gasteiger partial charge in [-0.1, -0.05) is 12.1 Å². The van der Waals surface area contributed by atoms with E-state index in [0.717, 1.165) is 6.92 Å². The molecule has 2 aliphatic carbocycles. The summed E-state index contributed by atoms with van der Waals surface area (Å²) >= 11 is 5.32. The van der Waals surface area contributed by atoms with Crippen molar-refractivity contribution in [2.24, 2.45) is 5.92 Å². The molecule has 2 amide bonds. The first-order valence-corrected chi connectivity index (χ1v) is 19.5. The number of carbonyl (C=O) groups is 5. The molecule has 2 aromatic carbocycles. The number of methoxy groups -OCH3 is 1. The van der Waals surface area contributed by atoms with Crippen LogP contribution in [0.2, 0.25) is 0 Å². The Morgan fingerprint density at radius 3 is 2.28 bits per heavy atom. The number of carbonyl (C=O) groups excluding carboxylic acids is 5. The van der Waals surface area contributed by atoms with Crippen LogP contribution in [0.1, 0.15) is 96.0 Å². The maximum absolute atomic E-state index is 14.1. The number of Topliss-reactive ketones (excluding diaryl/α,β-unsaturated/α-hetero) is 1. The van der Waals surface area contributed by atoms with Gasteiger partial charge in [0, 0.05) is 62.5 Å². The fraction of sp³-hybridized carbons (Fsp3) is 0.550. The highest BCUT2D eigenvalue weighted by Crippen LogP contribution is 2.52. The fourth-order valence-corrected chi connectivity index (χ4v) is 9.08. The van der Waals surface area contributed by atoms with Crippen molar-refractivity contribution in [3.8, 4) is 17.2 Å². The molecule has 0 radical (unpaired) electrons. The Morgan fingerprint density at radius 2 is 1.66 bits per heavy atom. The quantitative estimate of drug-likeness (QED) is 0.129. The van der Waals surface area contributed by atoms with Crippen LogP contribution in [0.3, 0.4) is 0 Å². The highest BCUT2D eigenvalue weighted by Gasteiger charge is 2.53. The first kappa shape index (κ1) is 41.7. The number of benzene rings is 2. The monoisotopic (exact) mass is 825 g/mol. The van der Waals surface area contributed by atoms with Gasteiger partial charge in [-0.25, -0.2) is 0 Å². The van der Waals surface area contributed by atoms with Crippen molar-refractivity contribution in [3.05, 3.63) is 51.6 Å². The normalized spacial score (nSPS) is 32.1. The van der Waals surface area contributed by atoms with Gasteiger partial charge in [0.05, 0.1) is 54.3 Å². The number of phenols is 2. The van der Waals surface area contributed by atoms with Crippen molar-refractivity contribution in [1.82, 2.24) is 15.1 Å². The zero-order valence-corrected chi connectivity index (χ0v) is 33.8. The lowest BCUT2D eigenvalue weighted by molar-refractivity contribution is -0.298. The summed E-state index contributed by atoms with van der Waals surface area (Å²) in [6, 6.07) is 2.73. The molecule has 5 aliphatic rings.